The monoisotopic (exact) mass is 295 g/mol. The average Bonchev–Trinajstić information content (AvgIpc) is 2.67. The van der Waals surface area contributed by atoms with Gasteiger partial charge in [-0.05, 0) is 36.6 Å². The predicted molar refractivity (Wildman–Crippen MR) is 75.3 cm³/mol. The normalized spacial score (nSPS) is 11.2. The molecule has 0 saturated carbocycles. The van der Waals surface area contributed by atoms with E-state index in [4.69, 9.17) is 4.74 Å². The summed E-state index contributed by atoms with van der Waals surface area (Å²) in [6.07, 6.45) is 4.31. The predicted octanol–water partition coefficient (Wildman–Crippen LogP) is 4.35. The van der Waals surface area contributed by atoms with Gasteiger partial charge in [-0.1, -0.05) is 29.8 Å². The third kappa shape index (κ3) is 2.72. The summed E-state index contributed by atoms with van der Waals surface area (Å²) in [7, 11) is 0. The Morgan fingerprint density at radius 1 is 1.29 bits per heavy atom. The van der Waals surface area contributed by atoms with Crippen LogP contribution in [0.4, 0.5) is 0 Å². The van der Waals surface area contributed by atoms with Crippen molar-refractivity contribution in [3.63, 3.8) is 0 Å². The topological polar surface area (TPSA) is 14.2 Å². The van der Waals surface area contributed by atoms with Gasteiger partial charge >= 0.3 is 0 Å². The molecule has 0 radical (unpaired) electrons. The number of ether oxygens (including phenoxy) is 1. The van der Waals surface area contributed by atoms with Crippen molar-refractivity contribution < 1.29 is 4.74 Å². The maximum absolute atomic E-state index is 5.62. The Balaban J connectivity index is 2.35. The summed E-state index contributed by atoms with van der Waals surface area (Å²) in [4.78, 5) is 0. The van der Waals surface area contributed by atoms with Crippen molar-refractivity contribution in [3.8, 4) is 0 Å². The summed E-state index contributed by atoms with van der Waals surface area (Å²) >= 11 is 3.53. The molecule has 0 bridgehead atoms. The van der Waals surface area contributed by atoms with Gasteiger partial charge in [-0.2, -0.15) is 0 Å². The number of nitrogens with zero attached hydrogens (tertiary/aromatic N) is 1. The van der Waals surface area contributed by atoms with E-state index in [2.05, 4.69) is 58.7 Å². The summed E-state index contributed by atoms with van der Waals surface area (Å²) in [6.45, 7) is 5.78. The average molecular weight is 296 g/mol. The molecule has 17 heavy (non-hydrogen) atoms. The van der Waals surface area contributed by atoms with E-state index in [1.807, 2.05) is 0 Å². The standard InChI is InChI=1S/C14H18BrNO/c1-3-7-17-10-16-9-11(4-2)13-8-12(15)5-6-14(13)16/h5-6,8-9H,3-4,7,10H2,1-2H3. The molecule has 0 unspecified atom stereocenters. The van der Waals surface area contributed by atoms with Crippen molar-refractivity contribution >= 4 is 26.8 Å². The van der Waals surface area contributed by atoms with Crippen LogP contribution in [-0.2, 0) is 17.9 Å². The van der Waals surface area contributed by atoms with Gasteiger partial charge in [-0.25, -0.2) is 0 Å². The van der Waals surface area contributed by atoms with Crippen LogP contribution >= 0.6 is 15.9 Å². The highest BCUT2D eigenvalue weighted by Crippen LogP contribution is 2.25. The Morgan fingerprint density at radius 3 is 2.82 bits per heavy atom. The molecule has 0 amide bonds. The lowest BCUT2D eigenvalue weighted by Crippen LogP contribution is -2.01. The number of aryl methyl sites for hydroxylation is 1. The first-order valence-corrected chi connectivity index (χ1v) is 6.90. The van der Waals surface area contributed by atoms with Crippen LogP contribution in [0.1, 0.15) is 25.8 Å². The summed E-state index contributed by atoms with van der Waals surface area (Å²) in [6, 6.07) is 6.41. The highest BCUT2D eigenvalue weighted by Gasteiger charge is 2.07. The van der Waals surface area contributed by atoms with Crippen LogP contribution in [0.3, 0.4) is 0 Å². The van der Waals surface area contributed by atoms with Crippen LogP contribution in [0.15, 0.2) is 28.9 Å². The molecule has 0 fully saturated rings. The van der Waals surface area contributed by atoms with Gasteiger partial charge in [0.15, 0.2) is 0 Å². The van der Waals surface area contributed by atoms with E-state index in [1.54, 1.807) is 0 Å². The van der Waals surface area contributed by atoms with Gasteiger partial charge in [-0.3, -0.25) is 0 Å². The van der Waals surface area contributed by atoms with Crippen molar-refractivity contribution in [2.45, 2.75) is 33.4 Å². The van der Waals surface area contributed by atoms with Gasteiger partial charge in [0, 0.05) is 22.7 Å². The highest BCUT2D eigenvalue weighted by atomic mass is 79.9. The number of fused-ring (bicyclic) bond motifs is 1. The number of halogens is 1. The number of rotatable bonds is 5. The smallest absolute Gasteiger partial charge is 0.122 e. The van der Waals surface area contributed by atoms with Gasteiger partial charge in [0.05, 0.1) is 5.52 Å². The minimum Gasteiger partial charge on any atom is -0.361 e. The summed E-state index contributed by atoms with van der Waals surface area (Å²) in [5.41, 5.74) is 2.63. The van der Waals surface area contributed by atoms with E-state index in [9.17, 15) is 0 Å². The van der Waals surface area contributed by atoms with Crippen LogP contribution in [0.25, 0.3) is 10.9 Å². The molecule has 0 atom stereocenters. The van der Waals surface area contributed by atoms with Crippen molar-refractivity contribution in [3.05, 3.63) is 34.4 Å². The SMILES string of the molecule is CCCOCn1cc(CC)c2cc(Br)ccc21. The first-order chi connectivity index (χ1) is 8.26. The number of benzene rings is 1. The number of hydrogen-bond acceptors (Lipinski definition) is 1. The zero-order valence-electron chi connectivity index (χ0n) is 10.4. The van der Waals surface area contributed by atoms with E-state index in [0.29, 0.717) is 6.73 Å². The van der Waals surface area contributed by atoms with E-state index in [0.717, 1.165) is 23.9 Å². The molecule has 3 heteroatoms. The van der Waals surface area contributed by atoms with Crippen LogP contribution in [0.5, 0.6) is 0 Å². The second-order valence-corrected chi connectivity index (χ2v) is 5.09. The minimum atomic E-state index is 0.645. The van der Waals surface area contributed by atoms with Gasteiger partial charge in [0.2, 0.25) is 0 Å². The van der Waals surface area contributed by atoms with Gasteiger partial charge in [0.25, 0.3) is 0 Å². The van der Waals surface area contributed by atoms with E-state index >= 15 is 0 Å². The number of hydrogen-bond donors (Lipinski definition) is 0. The van der Waals surface area contributed by atoms with Gasteiger partial charge < -0.3 is 9.30 Å². The molecule has 92 valence electrons. The number of aromatic nitrogens is 1. The third-order valence-corrected chi connectivity index (χ3v) is 3.38. The van der Waals surface area contributed by atoms with Gasteiger partial charge in [-0.15, -0.1) is 0 Å². The molecule has 1 aromatic heterocycles. The molecule has 2 rings (SSSR count). The molecule has 0 saturated heterocycles. The molecular formula is C14H18BrNO. The van der Waals surface area contributed by atoms with Gasteiger partial charge in [0.1, 0.15) is 6.73 Å². The Labute approximate surface area is 111 Å². The zero-order chi connectivity index (χ0) is 12.3. The molecule has 0 aliphatic rings. The van der Waals surface area contributed by atoms with E-state index in [-0.39, 0.29) is 0 Å². The highest BCUT2D eigenvalue weighted by molar-refractivity contribution is 9.10. The Kier molecular flexibility index (Phi) is 4.24. The molecule has 0 aliphatic carbocycles. The molecule has 2 nitrogen and oxygen atoms in total. The fourth-order valence-electron chi connectivity index (χ4n) is 2.04. The van der Waals surface area contributed by atoms with E-state index in [1.165, 1.54) is 16.5 Å². The Hall–Kier alpha value is -0.800. The van der Waals surface area contributed by atoms with Crippen molar-refractivity contribution in [2.24, 2.45) is 0 Å². The lowest BCUT2D eigenvalue weighted by atomic mass is 10.1. The Morgan fingerprint density at radius 2 is 2.12 bits per heavy atom. The molecule has 1 aromatic carbocycles. The molecule has 2 aromatic rings. The largest absolute Gasteiger partial charge is 0.361 e. The van der Waals surface area contributed by atoms with Crippen molar-refractivity contribution in [1.29, 1.82) is 0 Å². The molecule has 0 aliphatic heterocycles. The maximum atomic E-state index is 5.62. The first-order valence-electron chi connectivity index (χ1n) is 6.11. The van der Waals surface area contributed by atoms with E-state index < -0.39 is 0 Å². The van der Waals surface area contributed by atoms with Crippen LogP contribution in [-0.4, -0.2) is 11.2 Å². The molecular weight excluding hydrogens is 278 g/mol. The van der Waals surface area contributed by atoms with Crippen LogP contribution in [0.2, 0.25) is 0 Å². The second kappa shape index (κ2) is 5.69. The summed E-state index contributed by atoms with van der Waals surface area (Å²) < 4.78 is 8.94. The quantitative estimate of drug-likeness (QED) is 0.748. The van der Waals surface area contributed by atoms with Crippen molar-refractivity contribution in [1.82, 2.24) is 4.57 Å². The van der Waals surface area contributed by atoms with Crippen LogP contribution in [0, 0.1) is 0 Å². The molecule has 0 spiro atoms. The van der Waals surface area contributed by atoms with Crippen LogP contribution < -0.4 is 0 Å². The maximum Gasteiger partial charge on any atom is 0.122 e. The summed E-state index contributed by atoms with van der Waals surface area (Å²) in [5.74, 6) is 0. The zero-order valence-corrected chi connectivity index (χ0v) is 12.0. The first kappa shape index (κ1) is 12.7. The molecule has 1 heterocycles. The second-order valence-electron chi connectivity index (χ2n) is 4.18. The molecule has 0 N–H and O–H groups in total. The third-order valence-electron chi connectivity index (χ3n) is 2.89. The lowest BCUT2D eigenvalue weighted by molar-refractivity contribution is 0.0803. The minimum absolute atomic E-state index is 0.645. The van der Waals surface area contributed by atoms with Crippen molar-refractivity contribution in [2.75, 3.05) is 6.61 Å². The fraction of sp³-hybridized carbons (Fsp3) is 0.429. The Bertz CT molecular complexity index is 504. The summed E-state index contributed by atoms with van der Waals surface area (Å²) in [5, 5.41) is 1.32. The fourth-order valence-corrected chi connectivity index (χ4v) is 2.40. The lowest BCUT2D eigenvalue weighted by Gasteiger charge is -2.05.